The molecule has 0 spiro atoms. The van der Waals surface area contributed by atoms with Gasteiger partial charge in [-0.05, 0) is 18.2 Å². The number of rotatable bonds is 7. The van der Waals surface area contributed by atoms with Crippen LogP contribution in [0.5, 0.6) is 11.6 Å². The number of carbonyl (C=O) groups excluding carboxylic acids is 1. The van der Waals surface area contributed by atoms with E-state index in [1.54, 1.807) is 24.3 Å². The first-order valence-electron chi connectivity index (χ1n) is 7.23. The number of carbonyl (C=O) groups is 1. The van der Waals surface area contributed by atoms with Crippen molar-refractivity contribution in [2.45, 2.75) is 6.54 Å². The Morgan fingerprint density at radius 1 is 1.32 bits per heavy atom. The Morgan fingerprint density at radius 2 is 2.08 bits per heavy atom. The molecule has 0 saturated carbocycles. The molecule has 1 heterocycles. The lowest BCUT2D eigenvalue weighted by atomic mass is 10.2. The Bertz CT molecular complexity index is 860. The van der Waals surface area contributed by atoms with Crippen molar-refractivity contribution in [1.82, 2.24) is 14.4 Å². The number of sulfone groups is 1. The Morgan fingerprint density at radius 3 is 2.76 bits per heavy atom. The van der Waals surface area contributed by atoms with E-state index in [1.807, 2.05) is 0 Å². The Kier molecular flexibility index (Phi) is 6.29. The van der Waals surface area contributed by atoms with Gasteiger partial charge in [0.05, 0.1) is 18.0 Å². The quantitative estimate of drug-likeness (QED) is 0.716. The summed E-state index contributed by atoms with van der Waals surface area (Å²) in [5.41, 5.74) is 6.39. The van der Waals surface area contributed by atoms with E-state index in [2.05, 4.69) is 9.97 Å². The Labute approximate surface area is 150 Å². The van der Waals surface area contributed by atoms with Crippen molar-refractivity contribution in [3.8, 4) is 11.6 Å². The summed E-state index contributed by atoms with van der Waals surface area (Å²) in [5, 5.41) is 0. The van der Waals surface area contributed by atoms with Gasteiger partial charge in [0.25, 0.3) is 5.91 Å². The normalized spacial score (nSPS) is 11.2. The molecule has 2 aromatic rings. The molecule has 1 aromatic carbocycles. The second-order valence-corrected chi connectivity index (χ2v) is 7.87. The molecule has 0 radical (unpaired) electrons. The average Bonchev–Trinajstić information content (AvgIpc) is 2.58. The number of hydrogen-bond acceptors (Lipinski definition) is 7. The summed E-state index contributed by atoms with van der Waals surface area (Å²) in [6.45, 7) is 0.134. The highest BCUT2D eigenvalue weighted by atomic mass is 35.5. The fourth-order valence-electron chi connectivity index (χ4n) is 1.85. The van der Waals surface area contributed by atoms with Crippen LogP contribution in [0.3, 0.4) is 0 Å². The second kappa shape index (κ2) is 8.24. The number of hydrogen-bond donors (Lipinski definition) is 1. The molecule has 1 amide bonds. The van der Waals surface area contributed by atoms with Gasteiger partial charge in [-0.25, -0.2) is 22.8 Å². The summed E-state index contributed by atoms with van der Waals surface area (Å²) in [6, 6.07) is 7.90. The number of halogens is 1. The summed E-state index contributed by atoms with van der Waals surface area (Å²) in [6.07, 6.45) is 2.41. The molecule has 2 N–H and O–H groups in total. The average molecular weight is 385 g/mol. The lowest BCUT2D eigenvalue weighted by molar-refractivity contribution is 0.0868. The minimum atomic E-state index is -3.22. The molecule has 0 fully saturated rings. The van der Waals surface area contributed by atoms with E-state index in [-0.39, 0.29) is 24.4 Å². The lowest BCUT2D eigenvalue weighted by Crippen LogP contribution is -2.27. The minimum Gasteiger partial charge on any atom is -0.439 e. The highest BCUT2D eigenvalue weighted by Crippen LogP contribution is 2.21. The van der Waals surface area contributed by atoms with E-state index < -0.39 is 15.7 Å². The predicted molar refractivity (Wildman–Crippen MR) is 93.0 cm³/mol. The number of nitrogens with zero attached hydrogens (tertiary/aromatic N) is 3. The van der Waals surface area contributed by atoms with Crippen molar-refractivity contribution in [2.24, 2.45) is 5.73 Å². The summed E-state index contributed by atoms with van der Waals surface area (Å²) in [4.78, 5) is 20.2. The molecule has 10 heteroatoms. The van der Waals surface area contributed by atoms with E-state index in [9.17, 15) is 13.2 Å². The van der Waals surface area contributed by atoms with Crippen LogP contribution in [0.4, 0.5) is 0 Å². The van der Waals surface area contributed by atoms with E-state index in [0.29, 0.717) is 17.3 Å². The minimum absolute atomic E-state index is 0.115. The van der Waals surface area contributed by atoms with Crippen LogP contribution in [-0.2, 0) is 16.4 Å². The molecule has 0 saturated heterocycles. The van der Waals surface area contributed by atoms with E-state index in [1.165, 1.54) is 12.4 Å². The van der Waals surface area contributed by atoms with Gasteiger partial charge in [0.1, 0.15) is 21.9 Å². The maximum absolute atomic E-state index is 12.3. The number of benzene rings is 1. The zero-order valence-corrected chi connectivity index (χ0v) is 15.0. The van der Waals surface area contributed by atoms with Crippen LogP contribution in [0.1, 0.15) is 16.1 Å². The zero-order chi connectivity index (χ0) is 18.4. The first-order chi connectivity index (χ1) is 11.8. The molecule has 0 aliphatic carbocycles. The van der Waals surface area contributed by atoms with Crippen molar-refractivity contribution in [1.29, 1.82) is 0 Å². The second-order valence-electron chi connectivity index (χ2n) is 5.20. The van der Waals surface area contributed by atoms with Crippen LogP contribution in [-0.4, -0.2) is 47.3 Å². The topological polar surface area (TPSA) is 115 Å². The number of ether oxygens (including phenoxy) is 1. The molecular weight excluding hydrogens is 368 g/mol. The number of amides is 1. The van der Waals surface area contributed by atoms with Gasteiger partial charge in [0.15, 0.2) is 0 Å². The van der Waals surface area contributed by atoms with Gasteiger partial charge < -0.3 is 10.5 Å². The van der Waals surface area contributed by atoms with Gasteiger partial charge in [0, 0.05) is 36.2 Å². The highest BCUT2D eigenvalue weighted by molar-refractivity contribution is 7.90. The Balaban J connectivity index is 2.10. The number of aromatic nitrogens is 2. The fourth-order valence-corrected chi connectivity index (χ4v) is 2.64. The van der Waals surface area contributed by atoms with Crippen LogP contribution in [0.2, 0.25) is 0 Å². The van der Waals surface area contributed by atoms with Crippen molar-refractivity contribution >= 4 is 27.5 Å². The molecule has 0 aliphatic rings. The molecule has 8 nitrogen and oxygen atoms in total. The Hall–Kier alpha value is -2.23. The summed E-state index contributed by atoms with van der Waals surface area (Å²) in [5.74, 6) is -0.0806. The van der Waals surface area contributed by atoms with Crippen molar-refractivity contribution in [2.75, 3.05) is 18.6 Å². The van der Waals surface area contributed by atoms with Crippen LogP contribution in [0.15, 0.2) is 36.7 Å². The molecule has 0 aliphatic heterocycles. The van der Waals surface area contributed by atoms with Crippen molar-refractivity contribution in [3.05, 3.63) is 47.9 Å². The standard InChI is InChI=1S/C15H17ClN4O4S/c1-25(22,23)6-5-20(16)15(21)11-3-2-4-13(7-11)24-14-8-12(9-17)18-10-19-14/h2-4,7-8,10H,5-6,9,17H2,1H3. The van der Waals surface area contributed by atoms with Gasteiger partial charge in [0.2, 0.25) is 5.88 Å². The highest BCUT2D eigenvalue weighted by Gasteiger charge is 2.16. The molecule has 0 unspecified atom stereocenters. The van der Waals surface area contributed by atoms with Gasteiger partial charge in [-0.3, -0.25) is 4.79 Å². The summed E-state index contributed by atoms with van der Waals surface area (Å²) < 4.78 is 28.8. The third kappa shape index (κ3) is 5.96. The molecule has 1 aromatic heterocycles. The van der Waals surface area contributed by atoms with E-state index in [0.717, 1.165) is 10.7 Å². The zero-order valence-electron chi connectivity index (χ0n) is 13.4. The maximum atomic E-state index is 12.3. The molecule has 0 bridgehead atoms. The predicted octanol–water partition coefficient (Wildman–Crippen LogP) is 1.37. The third-order valence-electron chi connectivity index (χ3n) is 3.09. The van der Waals surface area contributed by atoms with Crippen LogP contribution in [0.25, 0.3) is 0 Å². The lowest BCUT2D eigenvalue weighted by Gasteiger charge is -2.14. The number of nitrogens with two attached hydrogens (primary N) is 1. The first-order valence-corrected chi connectivity index (χ1v) is 9.62. The molecule has 0 atom stereocenters. The van der Waals surface area contributed by atoms with Crippen LogP contribution < -0.4 is 10.5 Å². The van der Waals surface area contributed by atoms with Crippen LogP contribution >= 0.6 is 11.8 Å². The van der Waals surface area contributed by atoms with Crippen molar-refractivity contribution in [3.63, 3.8) is 0 Å². The monoisotopic (exact) mass is 384 g/mol. The fraction of sp³-hybridized carbons (Fsp3) is 0.267. The van der Waals surface area contributed by atoms with Gasteiger partial charge in [-0.2, -0.15) is 0 Å². The summed E-state index contributed by atoms with van der Waals surface area (Å²) in [7, 11) is -3.22. The molecular formula is C15H17ClN4O4S. The van der Waals surface area contributed by atoms with E-state index >= 15 is 0 Å². The first kappa shape index (κ1) is 19.1. The SMILES string of the molecule is CS(=O)(=O)CCN(Cl)C(=O)c1cccc(Oc2cc(CN)ncn2)c1. The largest absolute Gasteiger partial charge is 0.439 e. The smallest absolute Gasteiger partial charge is 0.268 e. The molecule has 134 valence electrons. The third-order valence-corrected chi connectivity index (χ3v) is 4.34. The molecule has 2 rings (SSSR count). The molecule has 25 heavy (non-hydrogen) atoms. The van der Waals surface area contributed by atoms with Crippen LogP contribution in [0, 0.1) is 0 Å². The van der Waals surface area contributed by atoms with Gasteiger partial charge >= 0.3 is 0 Å². The van der Waals surface area contributed by atoms with E-state index in [4.69, 9.17) is 22.2 Å². The van der Waals surface area contributed by atoms with Crippen molar-refractivity contribution < 1.29 is 17.9 Å². The van der Waals surface area contributed by atoms with Gasteiger partial charge in [-0.1, -0.05) is 6.07 Å². The van der Waals surface area contributed by atoms with Gasteiger partial charge in [-0.15, -0.1) is 0 Å². The summed E-state index contributed by atoms with van der Waals surface area (Å²) >= 11 is 5.87. The maximum Gasteiger partial charge on any atom is 0.268 e.